The van der Waals surface area contributed by atoms with E-state index in [1.807, 2.05) is 6.92 Å². The van der Waals surface area contributed by atoms with E-state index < -0.39 is 15.8 Å². The third-order valence-electron chi connectivity index (χ3n) is 4.53. The number of rotatable bonds is 5. The van der Waals surface area contributed by atoms with Crippen LogP contribution in [0.15, 0.2) is 24.3 Å². The van der Waals surface area contributed by atoms with Gasteiger partial charge in [0.25, 0.3) is 5.91 Å². The van der Waals surface area contributed by atoms with Crippen LogP contribution in [0.3, 0.4) is 0 Å². The molecule has 0 unspecified atom stereocenters. The third-order valence-corrected chi connectivity index (χ3v) is 6.40. The summed E-state index contributed by atoms with van der Waals surface area (Å²) in [5.41, 5.74) is 1.10. The van der Waals surface area contributed by atoms with E-state index in [0.29, 0.717) is 50.4 Å². The van der Waals surface area contributed by atoms with Gasteiger partial charge < -0.3 is 14.8 Å². The van der Waals surface area contributed by atoms with E-state index >= 15 is 0 Å². The molecule has 138 valence electrons. The zero-order valence-electron chi connectivity index (χ0n) is 14.4. The lowest BCUT2D eigenvalue weighted by molar-refractivity contribution is -0.145. The fourth-order valence-corrected chi connectivity index (χ4v) is 4.70. The van der Waals surface area contributed by atoms with E-state index in [1.54, 1.807) is 24.3 Å². The number of anilines is 1. The number of carbonyl (C=O) groups excluding carboxylic acids is 1. The normalized spacial score (nSPS) is 21.9. The largest absolute Gasteiger partial charge is 0.352 e. The Morgan fingerprint density at radius 1 is 1.20 bits per heavy atom. The molecule has 1 N–H and O–H groups in total. The molecule has 25 heavy (non-hydrogen) atoms. The van der Waals surface area contributed by atoms with Gasteiger partial charge in [0, 0.05) is 25.1 Å². The molecule has 1 aromatic carbocycles. The van der Waals surface area contributed by atoms with Crippen molar-refractivity contribution in [1.82, 2.24) is 5.32 Å². The summed E-state index contributed by atoms with van der Waals surface area (Å²) >= 11 is 0. The standard InChI is InChI=1S/C17H24N2O5S/c1-17(23-11-12-24-17)8-9-18-16(20)14-4-6-15(7-5-14)19-10-2-3-13-25(19,21)22/h4-7H,2-3,8-13H2,1H3,(H,18,20). The van der Waals surface area contributed by atoms with Crippen LogP contribution in [0.2, 0.25) is 0 Å². The maximum absolute atomic E-state index is 12.2. The first-order valence-electron chi connectivity index (χ1n) is 8.56. The molecule has 0 saturated carbocycles. The Kier molecular flexibility index (Phi) is 5.31. The van der Waals surface area contributed by atoms with E-state index in [0.717, 1.165) is 6.42 Å². The third kappa shape index (κ3) is 4.31. The summed E-state index contributed by atoms with van der Waals surface area (Å²) in [7, 11) is -3.24. The summed E-state index contributed by atoms with van der Waals surface area (Å²) < 4.78 is 36.7. The molecule has 8 heteroatoms. The topological polar surface area (TPSA) is 84.9 Å². The fourth-order valence-electron chi connectivity index (χ4n) is 3.06. The van der Waals surface area contributed by atoms with Crippen LogP contribution in [-0.2, 0) is 19.5 Å². The summed E-state index contributed by atoms with van der Waals surface area (Å²) in [5, 5.41) is 2.84. The SMILES string of the molecule is CC1(CCNC(=O)c2ccc(N3CCCCS3(=O)=O)cc2)OCCO1. The Labute approximate surface area is 148 Å². The average molecular weight is 368 g/mol. The van der Waals surface area contributed by atoms with Gasteiger partial charge in [-0.1, -0.05) is 0 Å². The second-order valence-corrected chi connectivity index (χ2v) is 8.49. The van der Waals surface area contributed by atoms with Crippen LogP contribution in [-0.4, -0.2) is 52.2 Å². The van der Waals surface area contributed by atoms with Gasteiger partial charge in [-0.15, -0.1) is 0 Å². The highest BCUT2D eigenvalue weighted by atomic mass is 32.2. The highest BCUT2D eigenvalue weighted by molar-refractivity contribution is 7.92. The Morgan fingerprint density at radius 2 is 1.88 bits per heavy atom. The second-order valence-electron chi connectivity index (χ2n) is 6.48. The first-order chi connectivity index (χ1) is 11.9. The highest BCUT2D eigenvalue weighted by Gasteiger charge is 2.30. The maximum atomic E-state index is 12.2. The molecule has 7 nitrogen and oxygen atoms in total. The van der Waals surface area contributed by atoms with Crippen LogP contribution in [0, 0.1) is 0 Å². The minimum Gasteiger partial charge on any atom is -0.352 e. The number of ether oxygens (including phenoxy) is 2. The molecule has 0 bridgehead atoms. The molecular weight excluding hydrogens is 344 g/mol. The van der Waals surface area contributed by atoms with E-state index in [1.165, 1.54) is 4.31 Å². The van der Waals surface area contributed by atoms with E-state index in [4.69, 9.17) is 9.47 Å². The zero-order valence-corrected chi connectivity index (χ0v) is 15.2. The van der Waals surface area contributed by atoms with Crippen LogP contribution in [0.4, 0.5) is 5.69 Å². The van der Waals surface area contributed by atoms with Crippen molar-refractivity contribution >= 4 is 21.6 Å². The van der Waals surface area contributed by atoms with Gasteiger partial charge in [-0.3, -0.25) is 9.10 Å². The lowest BCUT2D eigenvalue weighted by atomic mass is 10.1. The molecule has 2 aliphatic heterocycles. The van der Waals surface area contributed by atoms with Gasteiger partial charge in [0.15, 0.2) is 5.79 Å². The summed E-state index contributed by atoms with van der Waals surface area (Å²) in [5.74, 6) is -0.646. The first kappa shape index (κ1) is 18.2. The summed E-state index contributed by atoms with van der Waals surface area (Å²) in [6, 6.07) is 6.67. The number of benzene rings is 1. The smallest absolute Gasteiger partial charge is 0.251 e. The van der Waals surface area contributed by atoms with Gasteiger partial charge >= 0.3 is 0 Å². The van der Waals surface area contributed by atoms with Gasteiger partial charge in [0.2, 0.25) is 10.0 Å². The number of nitrogens with zero attached hydrogens (tertiary/aromatic N) is 1. The number of carbonyl (C=O) groups is 1. The predicted molar refractivity (Wildman–Crippen MR) is 94.1 cm³/mol. The molecule has 2 fully saturated rings. The van der Waals surface area contributed by atoms with Gasteiger partial charge in [0.1, 0.15) is 0 Å². The lowest BCUT2D eigenvalue weighted by Gasteiger charge is -2.28. The van der Waals surface area contributed by atoms with Crippen molar-refractivity contribution in [2.24, 2.45) is 0 Å². The Bertz CT molecular complexity index is 711. The van der Waals surface area contributed by atoms with Gasteiger partial charge in [-0.2, -0.15) is 0 Å². The van der Waals surface area contributed by atoms with Crippen LogP contribution in [0.1, 0.15) is 36.5 Å². The zero-order chi connectivity index (χ0) is 17.9. The molecule has 2 heterocycles. The van der Waals surface area contributed by atoms with E-state index in [2.05, 4.69) is 5.32 Å². The average Bonchev–Trinajstić information content (AvgIpc) is 3.01. The number of hydrogen-bond donors (Lipinski definition) is 1. The number of sulfonamides is 1. The summed E-state index contributed by atoms with van der Waals surface area (Å²) in [6.07, 6.45) is 2.12. The highest BCUT2D eigenvalue weighted by Crippen LogP contribution is 2.24. The number of nitrogens with one attached hydrogen (secondary N) is 1. The fraction of sp³-hybridized carbons (Fsp3) is 0.588. The first-order valence-corrected chi connectivity index (χ1v) is 10.2. The molecule has 0 aliphatic carbocycles. The number of hydrogen-bond acceptors (Lipinski definition) is 5. The van der Waals surface area contributed by atoms with Crippen molar-refractivity contribution in [1.29, 1.82) is 0 Å². The molecule has 0 spiro atoms. The van der Waals surface area contributed by atoms with Crippen LogP contribution >= 0.6 is 0 Å². The molecule has 1 amide bonds. The molecule has 3 rings (SSSR count). The molecule has 1 aromatic rings. The number of amides is 1. The molecular formula is C17H24N2O5S. The van der Waals surface area contributed by atoms with Gasteiger partial charge in [0.05, 0.1) is 24.7 Å². The maximum Gasteiger partial charge on any atom is 0.251 e. The Morgan fingerprint density at radius 3 is 2.52 bits per heavy atom. The van der Waals surface area contributed by atoms with Crippen molar-refractivity contribution in [2.75, 3.05) is 36.4 Å². The molecule has 2 saturated heterocycles. The summed E-state index contributed by atoms with van der Waals surface area (Å²) in [6.45, 7) is 3.95. The molecule has 0 atom stereocenters. The monoisotopic (exact) mass is 368 g/mol. The van der Waals surface area contributed by atoms with E-state index in [-0.39, 0.29) is 11.7 Å². The van der Waals surface area contributed by atoms with Crippen LogP contribution < -0.4 is 9.62 Å². The van der Waals surface area contributed by atoms with Gasteiger partial charge in [-0.25, -0.2) is 8.42 Å². The van der Waals surface area contributed by atoms with Crippen molar-refractivity contribution in [3.8, 4) is 0 Å². The minimum atomic E-state index is -3.24. The second kappa shape index (κ2) is 7.31. The van der Waals surface area contributed by atoms with E-state index in [9.17, 15) is 13.2 Å². The van der Waals surface area contributed by atoms with Gasteiger partial charge in [-0.05, 0) is 44.0 Å². The molecule has 0 radical (unpaired) electrons. The Balaban J connectivity index is 1.57. The minimum absolute atomic E-state index is 0.179. The van der Waals surface area contributed by atoms with Crippen LogP contribution in [0.5, 0.6) is 0 Å². The molecule has 2 aliphatic rings. The Hall–Kier alpha value is -1.64. The van der Waals surface area contributed by atoms with Crippen molar-refractivity contribution in [3.05, 3.63) is 29.8 Å². The van der Waals surface area contributed by atoms with Crippen molar-refractivity contribution in [3.63, 3.8) is 0 Å². The molecule has 0 aromatic heterocycles. The lowest BCUT2D eigenvalue weighted by Crippen LogP contribution is -2.37. The quantitative estimate of drug-likeness (QED) is 0.851. The summed E-state index contributed by atoms with van der Waals surface area (Å²) in [4.78, 5) is 12.2. The van der Waals surface area contributed by atoms with Crippen molar-refractivity contribution in [2.45, 2.75) is 32.0 Å². The van der Waals surface area contributed by atoms with Crippen molar-refractivity contribution < 1.29 is 22.7 Å². The predicted octanol–water partition coefficient (Wildman–Crippen LogP) is 1.50. The van der Waals surface area contributed by atoms with Crippen LogP contribution in [0.25, 0.3) is 0 Å².